The molecule has 0 saturated carbocycles. The Balaban J connectivity index is 1.13. The Morgan fingerprint density at radius 2 is 1.27 bits per heavy atom. The van der Waals surface area contributed by atoms with Gasteiger partial charge in [0.2, 0.25) is 11.8 Å². The van der Waals surface area contributed by atoms with Gasteiger partial charge in [-0.3, -0.25) is 34.2 Å². The maximum absolute atomic E-state index is 13.1. The van der Waals surface area contributed by atoms with E-state index in [1.807, 2.05) is 0 Å². The summed E-state index contributed by atoms with van der Waals surface area (Å²) >= 11 is 2.47. The van der Waals surface area contributed by atoms with Crippen molar-refractivity contribution in [2.24, 2.45) is 0 Å². The Kier molecular flexibility index (Phi) is 19.3. The fraction of sp³-hybridized carbons (Fsp3) is 0.645. The minimum atomic E-state index is -1.09. The summed E-state index contributed by atoms with van der Waals surface area (Å²) in [4.78, 5) is 62.8. The number of ether oxygens (including phenoxy) is 8. The van der Waals surface area contributed by atoms with E-state index < -0.39 is 42.2 Å². The summed E-state index contributed by atoms with van der Waals surface area (Å²) in [6.07, 6.45) is 0.0554. The Hall–Kier alpha value is -2.95. The van der Waals surface area contributed by atoms with Gasteiger partial charge in [-0.1, -0.05) is 6.07 Å². The van der Waals surface area contributed by atoms with E-state index in [4.69, 9.17) is 37.9 Å². The third-order valence-electron chi connectivity index (χ3n) is 6.82. The van der Waals surface area contributed by atoms with Gasteiger partial charge in [-0.05, 0) is 18.6 Å². The number of nitrogens with one attached hydrogen (secondary N) is 2. The number of rotatable bonds is 27. The number of piperidine rings is 1. The van der Waals surface area contributed by atoms with Gasteiger partial charge in [-0.25, -0.2) is 0 Å². The van der Waals surface area contributed by atoms with Gasteiger partial charge < -0.3 is 24.3 Å². The molecule has 0 bridgehead atoms. The molecular formula is C31H44AsN3O13. The molecular weight excluding hydrogens is 697 g/mol. The monoisotopic (exact) mass is 741 g/mol. The zero-order valence-electron chi connectivity index (χ0n) is 26.9. The van der Waals surface area contributed by atoms with Gasteiger partial charge in [0.15, 0.2) is 6.61 Å². The molecule has 1 atom stereocenters. The molecule has 17 heteroatoms. The first-order valence-electron chi connectivity index (χ1n) is 15.8. The molecule has 1 aromatic rings. The van der Waals surface area contributed by atoms with Crippen molar-refractivity contribution in [1.82, 2.24) is 15.5 Å². The molecule has 1 aromatic carbocycles. The first-order valence-corrected chi connectivity index (χ1v) is 17.2. The first kappa shape index (κ1) is 39.5. The molecule has 2 aliphatic rings. The molecule has 0 aliphatic carbocycles. The van der Waals surface area contributed by atoms with Crippen molar-refractivity contribution in [2.45, 2.75) is 24.1 Å². The molecule has 1 fully saturated rings. The summed E-state index contributed by atoms with van der Waals surface area (Å²) in [5.74, 6) is -2.93. The van der Waals surface area contributed by atoms with E-state index >= 15 is 0 Å². The quantitative estimate of drug-likeness (QED) is 0.0655. The number of imide groups is 2. The number of carbonyl (C=O) groups is 5. The van der Waals surface area contributed by atoms with Gasteiger partial charge in [0.25, 0.3) is 17.7 Å². The molecule has 5 amide bonds. The summed E-state index contributed by atoms with van der Waals surface area (Å²) in [6.45, 7) is 6.41. The van der Waals surface area contributed by atoms with Gasteiger partial charge in [-0.15, -0.1) is 0 Å². The van der Waals surface area contributed by atoms with Crippen LogP contribution in [0.1, 0.15) is 33.6 Å². The third kappa shape index (κ3) is 13.9. The van der Waals surface area contributed by atoms with Crippen LogP contribution < -0.4 is 15.4 Å². The summed E-state index contributed by atoms with van der Waals surface area (Å²) in [5, 5.41) is 5.74. The predicted molar refractivity (Wildman–Crippen MR) is 168 cm³/mol. The molecule has 2 N–H and O–H groups in total. The Labute approximate surface area is 288 Å². The molecule has 16 nitrogen and oxygen atoms in total. The van der Waals surface area contributed by atoms with Gasteiger partial charge in [0.1, 0.15) is 11.8 Å². The van der Waals surface area contributed by atoms with E-state index in [0.717, 1.165) is 16.7 Å². The van der Waals surface area contributed by atoms with Gasteiger partial charge >= 0.3 is 87.3 Å². The van der Waals surface area contributed by atoms with E-state index in [9.17, 15) is 24.0 Å². The fourth-order valence-corrected chi connectivity index (χ4v) is 4.82. The molecule has 2 aliphatic heterocycles. The van der Waals surface area contributed by atoms with Crippen LogP contribution in [0.4, 0.5) is 0 Å². The van der Waals surface area contributed by atoms with Crippen LogP contribution in [0, 0.1) is 0 Å². The molecule has 1 unspecified atom stereocenters. The van der Waals surface area contributed by atoms with Crippen LogP contribution in [0.25, 0.3) is 0 Å². The van der Waals surface area contributed by atoms with Crippen LogP contribution in [0.2, 0.25) is 5.21 Å². The normalized spacial score (nSPS) is 15.9. The maximum atomic E-state index is 13.1. The summed E-state index contributed by atoms with van der Waals surface area (Å²) in [5.41, 5.74) is 0.0439. The second kappa shape index (κ2) is 23.4. The molecule has 48 heavy (non-hydrogen) atoms. The standard InChI is InChI=1S/C31H44AsN3O13/c32-6-8-41-10-12-43-14-16-45-18-20-47-21-19-46-17-15-44-13-11-42-9-7-33-27(37)22-48-25-3-1-2-23-28(25)31(40)35(30(23)39)24-4-5-26(36)34-29(24)38/h1-3,24H,4-22H2,(H,33,37)(H,34,36,38). The van der Waals surface area contributed by atoms with Crippen LogP contribution in [-0.4, -0.2) is 163 Å². The van der Waals surface area contributed by atoms with Crippen LogP contribution >= 0.6 is 0 Å². The fourth-order valence-electron chi connectivity index (χ4n) is 4.55. The van der Waals surface area contributed by atoms with Gasteiger partial charge in [0.05, 0.1) is 57.4 Å². The van der Waals surface area contributed by atoms with E-state index in [1.165, 1.54) is 18.2 Å². The minimum absolute atomic E-state index is 0.0151. The zero-order valence-corrected chi connectivity index (χ0v) is 28.8. The van der Waals surface area contributed by atoms with Crippen LogP contribution in [0.3, 0.4) is 0 Å². The van der Waals surface area contributed by atoms with Crippen molar-refractivity contribution in [3.63, 3.8) is 0 Å². The van der Waals surface area contributed by atoms with Crippen molar-refractivity contribution in [3.05, 3.63) is 29.3 Å². The first-order chi connectivity index (χ1) is 23.4. The number of hydrogen-bond acceptors (Lipinski definition) is 13. The van der Waals surface area contributed by atoms with Crippen molar-refractivity contribution in [2.75, 3.05) is 106 Å². The Bertz CT molecular complexity index is 1190. The summed E-state index contributed by atoms with van der Waals surface area (Å²) in [6, 6.07) is 3.34. The number of hydrogen-bond donors (Lipinski definition) is 2. The Morgan fingerprint density at radius 1 is 0.750 bits per heavy atom. The topological polar surface area (TPSA) is 186 Å². The summed E-state index contributed by atoms with van der Waals surface area (Å²) < 4.78 is 43.4. The molecule has 266 valence electrons. The molecule has 0 spiro atoms. The van der Waals surface area contributed by atoms with E-state index in [-0.39, 0.29) is 42.9 Å². The van der Waals surface area contributed by atoms with Gasteiger partial charge in [-0.2, -0.15) is 0 Å². The van der Waals surface area contributed by atoms with Gasteiger partial charge in [0, 0.05) is 13.0 Å². The number of carbonyl (C=O) groups excluding carboxylic acids is 5. The average Bonchev–Trinajstić information content (AvgIpc) is 3.33. The molecule has 3 rings (SSSR count). The third-order valence-corrected chi connectivity index (χ3v) is 7.21. The number of fused-ring (bicyclic) bond motifs is 1. The number of benzene rings is 1. The van der Waals surface area contributed by atoms with Crippen LogP contribution in [0.15, 0.2) is 18.2 Å². The average molecular weight is 742 g/mol. The van der Waals surface area contributed by atoms with E-state index in [0.29, 0.717) is 79.3 Å². The SMILES string of the molecule is O=C(COc1cccc2c1C(=O)N(C1CCC(=O)NC1=O)C2=O)NCCOCCOCCOCCOCCOCCOCCOCC[As]. The predicted octanol–water partition coefficient (Wildman–Crippen LogP) is -0.714. The number of amides is 5. The molecule has 1 saturated heterocycles. The van der Waals surface area contributed by atoms with Crippen molar-refractivity contribution in [1.29, 1.82) is 0 Å². The second-order valence-corrected chi connectivity index (χ2v) is 11.2. The van der Waals surface area contributed by atoms with Crippen molar-refractivity contribution in [3.8, 4) is 5.75 Å². The second-order valence-electron chi connectivity index (χ2n) is 10.3. The van der Waals surface area contributed by atoms with Crippen LogP contribution in [-0.2, 0) is 47.5 Å². The zero-order chi connectivity index (χ0) is 34.4. The Morgan fingerprint density at radius 3 is 1.79 bits per heavy atom. The molecule has 0 aromatic heterocycles. The van der Waals surface area contributed by atoms with E-state index in [2.05, 4.69) is 27.5 Å². The van der Waals surface area contributed by atoms with E-state index in [1.54, 1.807) is 0 Å². The van der Waals surface area contributed by atoms with Crippen molar-refractivity contribution < 1.29 is 61.9 Å². The van der Waals surface area contributed by atoms with Crippen LogP contribution in [0.5, 0.6) is 5.75 Å². The summed E-state index contributed by atoms with van der Waals surface area (Å²) in [7, 11) is 0. The molecule has 2 radical (unpaired) electrons. The number of nitrogens with zero attached hydrogens (tertiary/aromatic N) is 1. The molecule has 2 heterocycles. The van der Waals surface area contributed by atoms with Crippen molar-refractivity contribution >= 4 is 46.4 Å².